The number of hydrogen-bond donors (Lipinski definition) is 1. The van der Waals surface area contributed by atoms with Crippen LogP contribution in [0.4, 0.5) is 5.69 Å². The lowest BCUT2D eigenvalue weighted by Gasteiger charge is -2.09. The first kappa shape index (κ1) is 15.4. The highest BCUT2D eigenvalue weighted by molar-refractivity contribution is 9.10. The third-order valence-corrected chi connectivity index (χ3v) is 3.85. The van der Waals surface area contributed by atoms with Gasteiger partial charge in [0.25, 0.3) is 5.69 Å². The molecule has 0 atom stereocenters. The lowest BCUT2D eigenvalue weighted by atomic mass is 10.2. The van der Waals surface area contributed by atoms with Crippen LogP contribution in [0.2, 0.25) is 0 Å². The van der Waals surface area contributed by atoms with Gasteiger partial charge in [-0.2, -0.15) is 0 Å². The molecule has 0 saturated carbocycles. The fourth-order valence-corrected chi connectivity index (χ4v) is 2.18. The Balaban J connectivity index is 2.23. The van der Waals surface area contributed by atoms with E-state index >= 15 is 0 Å². The molecule has 0 spiro atoms. The van der Waals surface area contributed by atoms with Gasteiger partial charge in [0.2, 0.25) is 5.88 Å². The first-order valence-corrected chi connectivity index (χ1v) is 7.03. The van der Waals surface area contributed by atoms with Gasteiger partial charge in [0, 0.05) is 12.1 Å². The van der Waals surface area contributed by atoms with Crippen LogP contribution >= 0.6 is 15.9 Å². The Morgan fingerprint density at radius 1 is 1.38 bits per heavy atom. The molecule has 1 N–H and O–H groups in total. The molecule has 0 saturated heterocycles. The molecule has 1 aromatic heterocycles. The van der Waals surface area contributed by atoms with Gasteiger partial charge in [0.15, 0.2) is 0 Å². The SMILES string of the molecule is CNCc1ccc(Oc2ncc([N+](=O)[O-])c(C)c2Br)cc1. The summed E-state index contributed by atoms with van der Waals surface area (Å²) in [5.74, 6) is 0.927. The molecular weight excluding hydrogens is 338 g/mol. The van der Waals surface area contributed by atoms with E-state index in [0.717, 1.165) is 12.1 Å². The molecule has 0 fully saturated rings. The van der Waals surface area contributed by atoms with Crippen LogP contribution < -0.4 is 10.1 Å². The highest BCUT2D eigenvalue weighted by Crippen LogP contribution is 2.34. The van der Waals surface area contributed by atoms with Crippen LogP contribution in [0.1, 0.15) is 11.1 Å². The van der Waals surface area contributed by atoms with E-state index in [1.165, 1.54) is 6.20 Å². The number of pyridine rings is 1. The van der Waals surface area contributed by atoms with Crippen LogP contribution in [0.25, 0.3) is 0 Å². The lowest BCUT2D eigenvalue weighted by Crippen LogP contribution is -2.04. The summed E-state index contributed by atoms with van der Waals surface area (Å²) in [7, 11) is 1.88. The number of ether oxygens (including phenoxy) is 1. The number of benzene rings is 1. The second-order valence-electron chi connectivity index (χ2n) is 4.42. The molecule has 2 aromatic rings. The summed E-state index contributed by atoms with van der Waals surface area (Å²) in [6, 6.07) is 7.55. The van der Waals surface area contributed by atoms with Crippen LogP contribution in [-0.4, -0.2) is 17.0 Å². The maximum atomic E-state index is 10.8. The highest BCUT2D eigenvalue weighted by atomic mass is 79.9. The monoisotopic (exact) mass is 351 g/mol. The molecule has 110 valence electrons. The predicted octanol–water partition coefficient (Wildman–Crippen LogP) is 3.57. The summed E-state index contributed by atoms with van der Waals surface area (Å²) in [5.41, 5.74) is 1.58. The number of rotatable bonds is 5. The van der Waals surface area contributed by atoms with E-state index < -0.39 is 4.92 Å². The van der Waals surface area contributed by atoms with Gasteiger partial charge in [-0.05, 0) is 47.6 Å². The van der Waals surface area contributed by atoms with Crippen molar-refractivity contribution in [3.05, 3.63) is 56.2 Å². The van der Waals surface area contributed by atoms with Crippen LogP contribution in [0.5, 0.6) is 11.6 Å². The molecule has 2 rings (SSSR count). The summed E-state index contributed by atoms with van der Waals surface area (Å²) in [5, 5.41) is 13.9. The standard InChI is InChI=1S/C14H14BrN3O3/c1-9-12(18(19)20)8-17-14(13(9)15)21-11-5-3-10(4-6-11)7-16-2/h3-6,8,16H,7H2,1-2H3. The third kappa shape index (κ3) is 3.56. The smallest absolute Gasteiger partial charge is 0.291 e. The average Bonchev–Trinajstić information content (AvgIpc) is 2.46. The van der Waals surface area contributed by atoms with Gasteiger partial charge < -0.3 is 10.1 Å². The average molecular weight is 352 g/mol. The minimum atomic E-state index is -0.469. The minimum absolute atomic E-state index is 0.0430. The number of halogens is 1. The Kier molecular flexibility index (Phi) is 4.87. The zero-order valence-corrected chi connectivity index (χ0v) is 13.2. The van der Waals surface area contributed by atoms with Crippen molar-refractivity contribution in [1.82, 2.24) is 10.3 Å². The summed E-state index contributed by atoms with van der Waals surface area (Å²) >= 11 is 3.29. The Morgan fingerprint density at radius 3 is 2.62 bits per heavy atom. The van der Waals surface area contributed by atoms with Crippen molar-refractivity contribution in [3.8, 4) is 11.6 Å². The second kappa shape index (κ2) is 6.64. The fourth-order valence-electron chi connectivity index (χ4n) is 1.79. The van der Waals surface area contributed by atoms with Gasteiger partial charge in [0.05, 0.1) is 9.40 Å². The molecule has 0 amide bonds. The van der Waals surface area contributed by atoms with Gasteiger partial charge in [-0.15, -0.1) is 0 Å². The zero-order chi connectivity index (χ0) is 15.4. The Bertz CT molecular complexity index is 659. The number of hydrogen-bond acceptors (Lipinski definition) is 5. The van der Waals surface area contributed by atoms with Crippen LogP contribution in [-0.2, 0) is 6.54 Å². The highest BCUT2D eigenvalue weighted by Gasteiger charge is 2.18. The molecule has 0 aliphatic heterocycles. The largest absolute Gasteiger partial charge is 0.438 e. The van der Waals surface area contributed by atoms with E-state index in [0.29, 0.717) is 21.7 Å². The normalized spacial score (nSPS) is 10.4. The third-order valence-electron chi connectivity index (χ3n) is 2.92. The van der Waals surface area contributed by atoms with E-state index in [1.54, 1.807) is 6.92 Å². The van der Waals surface area contributed by atoms with E-state index in [4.69, 9.17) is 4.74 Å². The lowest BCUT2D eigenvalue weighted by molar-refractivity contribution is -0.385. The van der Waals surface area contributed by atoms with Gasteiger partial charge in [-0.3, -0.25) is 10.1 Å². The molecule has 0 radical (unpaired) electrons. The molecule has 0 unspecified atom stereocenters. The maximum absolute atomic E-state index is 10.8. The van der Waals surface area contributed by atoms with Crippen molar-refractivity contribution in [2.24, 2.45) is 0 Å². The van der Waals surface area contributed by atoms with Crippen LogP contribution in [0, 0.1) is 17.0 Å². The van der Waals surface area contributed by atoms with E-state index in [9.17, 15) is 10.1 Å². The van der Waals surface area contributed by atoms with Gasteiger partial charge in [0.1, 0.15) is 11.9 Å². The minimum Gasteiger partial charge on any atom is -0.438 e. The molecule has 0 aliphatic carbocycles. The molecule has 1 heterocycles. The molecule has 1 aromatic carbocycles. The van der Waals surface area contributed by atoms with E-state index in [-0.39, 0.29) is 5.69 Å². The summed E-state index contributed by atoms with van der Waals surface area (Å²) in [4.78, 5) is 14.4. The zero-order valence-electron chi connectivity index (χ0n) is 11.6. The maximum Gasteiger partial charge on any atom is 0.291 e. The Hall–Kier alpha value is -1.99. The van der Waals surface area contributed by atoms with Crippen LogP contribution in [0.3, 0.4) is 0 Å². The number of nitro groups is 1. The predicted molar refractivity (Wildman–Crippen MR) is 82.6 cm³/mol. The van der Waals surface area contributed by atoms with Crippen molar-refractivity contribution in [3.63, 3.8) is 0 Å². The van der Waals surface area contributed by atoms with E-state index in [1.807, 2.05) is 31.3 Å². The van der Waals surface area contributed by atoms with Crippen molar-refractivity contribution >= 4 is 21.6 Å². The van der Waals surface area contributed by atoms with Crippen molar-refractivity contribution in [2.45, 2.75) is 13.5 Å². The van der Waals surface area contributed by atoms with Gasteiger partial charge in [-0.25, -0.2) is 4.98 Å². The number of nitrogens with one attached hydrogen (secondary N) is 1. The number of aromatic nitrogens is 1. The van der Waals surface area contributed by atoms with Crippen molar-refractivity contribution in [1.29, 1.82) is 0 Å². The van der Waals surface area contributed by atoms with Gasteiger partial charge >= 0.3 is 0 Å². The quantitative estimate of drug-likeness (QED) is 0.658. The first-order chi connectivity index (χ1) is 10.0. The molecular formula is C14H14BrN3O3. The van der Waals surface area contributed by atoms with Gasteiger partial charge in [-0.1, -0.05) is 12.1 Å². The summed E-state index contributed by atoms with van der Waals surface area (Å²) in [6.07, 6.45) is 1.20. The Labute approximate surface area is 130 Å². The van der Waals surface area contributed by atoms with E-state index in [2.05, 4.69) is 26.2 Å². The summed E-state index contributed by atoms with van der Waals surface area (Å²) in [6.45, 7) is 2.42. The first-order valence-electron chi connectivity index (χ1n) is 6.23. The van der Waals surface area contributed by atoms with Crippen LogP contribution in [0.15, 0.2) is 34.9 Å². The topological polar surface area (TPSA) is 77.3 Å². The fraction of sp³-hybridized carbons (Fsp3) is 0.214. The molecule has 21 heavy (non-hydrogen) atoms. The number of nitrogens with zero attached hydrogens (tertiary/aromatic N) is 2. The Morgan fingerprint density at radius 2 is 2.05 bits per heavy atom. The molecule has 6 nitrogen and oxygen atoms in total. The van der Waals surface area contributed by atoms with Crippen molar-refractivity contribution < 1.29 is 9.66 Å². The second-order valence-corrected chi connectivity index (χ2v) is 5.21. The van der Waals surface area contributed by atoms with Crippen molar-refractivity contribution in [2.75, 3.05) is 7.05 Å². The summed E-state index contributed by atoms with van der Waals surface area (Å²) < 4.78 is 6.14. The molecule has 0 bridgehead atoms. The molecule has 0 aliphatic rings. The molecule has 7 heteroatoms.